The molecule has 5 heteroatoms. The van der Waals surface area contributed by atoms with Gasteiger partial charge in [-0.3, -0.25) is 0 Å². The van der Waals surface area contributed by atoms with Crippen molar-refractivity contribution in [3.8, 4) is 0 Å². The first-order chi connectivity index (χ1) is 6.56. The van der Waals surface area contributed by atoms with Crippen LogP contribution >= 0.6 is 0 Å². The molecule has 0 aliphatic rings. The Labute approximate surface area is 79.3 Å². The van der Waals surface area contributed by atoms with E-state index in [4.69, 9.17) is 0 Å². The minimum atomic E-state index is -0.967. The van der Waals surface area contributed by atoms with Gasteiger partial charge in [-0.05, 0) is 19.4 Å². The first kappa shape index (κ1) is 10.4. The van der Waals surface area contributed by atoms with Gasteiger partial charge in [0, 0.05) is 6.07 Å². The minimum Gasteiger partial charge on any atom is -0.460 e. The Morgan fingerprint density at radius 2 is 2.29 bits per heavy atom. The van der Waals surface area contributed by atoms with Crippen LogP contribution in [0.1, 0.15) is 23.0 Å². The summed E-state index contributed by atoms with van der Waals surface area (Å²) >= 11 is 0. The molecule has 0 N–H and O–H groups in total. The monoisotopic (exact) mass is 200 g/mol. The van der Waals surface area contributed by atoms with E-state index in [1.165, 1.54) is 6.92 Å². The fourth-order valence-corrected chi connectivity index (χ4v) is 0.922. The smallest absolute Gasteiger partial charge is 0.377 e. The molecule has 0 saturated heterocycles. The van der Waals surface area contributed by atoms with E-state index in [1.54, 1.807) is 6.92 Å². The van der Waals surface area contributed by atoms with Crippen molar-refractivity contribution in [1.82, 2.24) is 0 Å². The largest absolute Gasteiger partial charge is 0.460 e. The third-order valence-electron chi connectivity index (χ3n) is 1.54. The van der Waals surface area contributed by atoms with Gasteiger partial charge in [-0.25, -0.2) is 14.0 Å². The summed E-state index contributed by atoms with van der Waals surface area (Å²) < 4.78 is 22.1. The van der Waals surface area contributed by atoms with Gasteiger partial charge >= 0.3 is 11.6 Å². The standard InChI is InChI=1S/C9H9FO4/c1-3-13-9(12)8-7(10)5(2)4-6(11)14-8/h4H,3H2,1-2H3. The number of hydrogen-bond donors (Lipinski definition) is 0. The topological polar surface area (TPSA) is 56.5 Å². The molecule has 0 saturated carbocycles. The zero-order valence-corrected chi connectivity index (χ0v) is 7.80. The second kappa shape index (κ2) is 4.04. The molecule has 1 aromatic rings. The molecular formula is C9H9FO4. The predicted molar refractivity (Wildman–Crippen MR) is 45.6 cm³/mol. The highest BCUT2D eigenvalue weighted by Gasteiger charge is 2.18. The van der Waals surface area contributed by atoms with E-state index in [2.05, 4.69) is 9.15 Å². The number of halogens is 1. The highest BCUT2D eigenvalue weighted by molar-refractivity contribution is 5.86. The molecule has 0 unspecified atom stereocenters. The van der Waals surface area contributed by atoms with Crippen molar-refractivity contribution in [3.63, 3.8) is 0 Å². The summed E-state index contributed by atoms with van der Waals surface area (Å²) in [5, 5.41) is 0. The Balaban J connectivity index is 3.20. The van der Waals surface area contributed by atoms with E-state index in [0.717, 1.165) is 6.07 Å². The molecule has 0 fully saturated rings. The molecule has 1 aromatic heterocycles. The highest BCUT2D eigenvalue weighted by atomic mass is 19.1. The maximum atomic E-state index is 13.2. The fraction of sp³-hybridized carbons (Fsp3) is 0.333. The van der Waals surface area contributed by atoms with E-state index in [0.29, 0.717) is 0 Å². The molecule has 0 radical (unpaired) electrons. The zero-order valence-electron chi connectivity index (χ0n) is 7.80. The van der Waals surface area contributed by atoms with Crippen LogP contribution in [0.4, 0.5) is 4.39 Å². The van der Waals surface area contributed by atoms with E-state index in [1.807, 2.05) is 0 Å². The van der Waals surface area contributed by atoms with E-state index < -0.39 is 23.2 Å². The van der Waals surface area contributed by atoms with E-state index in [-0.39, 0.29) is 12.2 Å². The second-order valence-electron chi connectivity index (χ2n) is 2.61. The van der Waals surface area contributed by atoms with Gasteiger partial charge in [0.1, 0.15) is 0 Å². The van der Waals surface area contributed by atoms with Crippen LogP contribution in [-0.4, -0.2) is 12.6 Å². The molecule has 0 aliphatic carbocycles. The normalized spacial score (nSPS) is 9.93. The summed E-state index contributed by atoms with van der Waals surface area (Å²) in [6.07, 6.45) is 0. The van der Waals surface area contributed by atoms with Gasteiger partial charge in [-0.1, -0.05) is 0 Å². The van der Waals surface area contributed by atoms with Gasteiger partial charge in [0.15, 0.2) is 5.82 Å². The van der Waals surface area contributed by atoms with E-state index in [9.17, 15) is 14.0 Å². The lowest BCUT2D eigenvalue weighted by atomic mass is 10.2. The zero-order chi connectivity index (χ0) is 10.7. The first-order valence-electron chi connectivity index (χ1n) is 4.03. The fourth-order valence-electron chi connectivity index (χ4n) is 0.922. The maximum Gasteiger partial charge on any atom is 0.377 e. The first-order valence-corrected chi connectivity index (χ1v) is 4.03. The Morgan fingerprint density at radius 3 is 2.86 bits per heavy atom. The van der Waals surface area contributed by atoms with Crippen LogP contribution in [0.2, 0.25) is 0 Å². The van der Waals surface area contributed by atoms with Crippen LogP contribution in [0, 0.1) is 12.7 Å². The van der Waals surface area contributed by atoms with Crippen molar-refractivity contribution in [3.05, 3.63) is 33.6 Å². The van der Waals surface area contributed by atoms with Crippen LogP contribution in [0.5, 0.6) is 0 Å². The molecule has 76 valence electrons. The molecule has 0 aliphatic heterocycles. The molecule has 1 rings (SSSR count). The van der Waals surface area contributed by atoms with Gasteiger partial charge in [0.05, 0.1) is 6.61 Å². The van der Waals surface area contributed by atoms with E-state index >= 15 is 0 Å². The highest BCUT2D eigenvalue weighted by Crippen LogP contribution is 2.10. The van der Waals surface area contributed by atoms with Gasteiger partial charge in [-0.2, -0.15) is 0 Å². The average Bonchev–Trinajstić information content (AvgIpc) is 2.11. The van der Waals surface area contributed by atoms with Gasteiger partial charge in [0.2, 0.25) is 0 Å². The predicted octanol–water partition coefficient (Wildman–Crippen LogP) is 1.26. The molecule has 0 aromatic carbocycles. The second-order valence-corrected chi connectivity index (χ2v) is 2.61. The number of carbonyl (C=O) groups excluding carboxylic acids is 1. The lowest BCUT2D eigenvalue weighted by molar-refractivity contribution is 0.0475. The molecule has 1 heterocycles. The molecule has 0 spiro atoms. The van der Waals surface area contributed by atoms with Crippen molar-refractivity contribution in [2.24, 2.45) is 0 Å². The molecule has 0 atom stereocenters. The lowest BCUT2D eigenvalue weighted by Gasteiger charge is -2.02. The van der Waals surface area contributed by atoms with Crippen LogP contribution in [0.15, 0.2) is 15.3 Å². The van der Waals surface area contributed by atoms with Crippen molar-refractivity contribution in [1.29, 1.82) is 0 Å². The SMILES string of the molecule is CCOC(=O)c1oc(=O)cc(C)c1F. The quantitative estimate of drug-likeness (QED) is 0.674. The minimum absolute atomic E-state index is 0.0595. The molecule has 0 amide bonds. The summed E-state index contributed by atoms with van der Waals surface area (Å²) in [7, 11) is 0. The molecule has 0 bridgehead atoms. The number of hydrogen-bond acceptors (Lipinski definition) is 4. The lowest BCUT2D eigenvalue weighted by Crippen LogP contribution is -2.13. The molecular weight excluding hydrogens is 191 g/mol. The van der Waals surface area contributed by atoms with Gasteiger partial charge < -0.3 is 9.15 Å². The molecule has 4 nitrogen and oxygen atoms in total. The van der Waals surface area contributed by atoms with Crippen LogP contribution in [-0.2, 0) is 4.74 Å². The summed E-state index contributed by atoms with van der Waals surface area (Å²) in [5.41, 5.74) is -0.712. The van der Waals surface area contributed by atoms with Crippen LogP contribution in [0.3, 0.4) is 0 Å². The third kappa shape index (κ3) is 1.99. The third-order valence-corrected chi connectivity index (χ3v) is 1.54. The number of rotatable bonds is 2. The Hall–Kier alpha value is -1.65. The molecule has 14 heavy (non-hydrogen) atoms. The summed E-state index contributed by atoms with van der Waals surface area (Å²) in [5.74, 6) is -2.49. The van der Waals surface area contributed by atoms with Crippen molar-refractivity contribution in [2.45, 2.75) is 13.8 Å². The average molecular weight is 200 g/mol. The maximum absolute atomic E-state index is 13.2. The Bertz CT molecular complexity index is 408. The summed E-state index contributed by atoms with van der Waals surface area (Å²) in [4.78, 5) is 21.9. The number of esters is 1. The number of ether oxygens (including phenoxy) is 1. The van der Waals surface area contributed by atoms with Crippen LogP contribution < -0.4 is 5.63 Å². The number of carbonyl (C=O) groups is 1. The van der Waals surface area contributed by atoms with Gasteiger partial charge in [0.25, 0.3) is 5.76 Å². The number of aryl methyl sites for hydroxylation is 1. The Morgan fingerprint density at radius 1 is 1.64 bits per heavy atom. The summed E-state index contributed by atoms with van der Waals surface area (Å²) in [6.45, 7) is 3.04. The van der Waals surface area contributed by atoms with Crippen molar-refractivity contribution in [2.75, 3.05) is 6.61 Å². The Kier molecular flexibility index (Phi) is 3.01. The summed E-state index contributed by atoms with van der Waals surface area (Å²) in [6, 6.07) is 0.970. The van der Waals surface area contributed by atoms with Crippen molar-refractivity contribution < 1.29 is 18.3 Å². The van der Waals surface area contributed by atoms with Crippen LogP contribution in [0.25, 0.3) is 0 Å². The van der Waals surface area contributed by atoms with Crippen molar-refractivity contribution >= 4 is 5.97 Å². The van der Waals surface area contributed by atoms with Gasteiger partial charge in [-0.15, -0.1) is 0 Å².